The number of aromatic nitrogens is 1. The Hall–Kier alpha value is -1.09. The van der Waals surface area contributed by atoms with E-state index in [9.17, 15) is 4.79 Å². The van der Waals surface area contributed by atoms with Crippen LogP contribution in [0.5, 0.6) is 0 Å². The number of halogens is 1. The van der Waals surface area contributed by atoms with Gasteiger partial charge in [-0.05, 0) is 36.6 Å². The van der Waals surface area contributed by atoms with Crippen LogP contribution in [0.15, 0.2) is 33.5 Å². The van der Waals surface area contributed by atoms with Crippen LogP contribution in [0.1, 0.15) is 5.56 Å². The second-order valence-corrected chi connectivity index (χ2v) is 3.93. The van der Waals surface area contributed by atoms with Crippen LogP contribution < -0.4 is 5.56 Å². The Morgan fingerprint density at radius 1 is 1.31 bits per heavy atom. The molecule has 0 amide bonds. The van der Waals surface area contributed by atoms with Gasteiger partial charge in [0.1, 0.15) is 0 Å². The second-order valence-electron chi connectivity index (χ2n) is 3.01. The Balaban J connectivity index is 2.89. The maximum absolute atomic E-state index is 11.3. The molecule has 66 valence electrons. The first-order valence-corrected chi connectivity index (χ1v) is 4.75. The highest BCUT2D eigenvalue weighted by molar-refractivity contribution is 9.10. The lowest BCUT2D eigenvalue weighted by Crippen LogP contribution is -2.08. The lowest BCUT2D eigenvalue weighted by Gasteiger charge is -1.99. The van der Waals surface area contributed by atoms with Crippen LogP contribution in [0.25, 0.3) is 10.9 Å². The van der Waals surface area contributed by atoms with E-state index in [0.29, 0.717) is 0 Å². The highest BCUT2D eigenvalue weighted by Gasteiger charge is 1.98. The summed E-state index contributed by atoms with van der Waals surface area (Å²) in [5.41, 5.74) is 1.60. The van der Waals surface area contributed by atoms with E-state index in [-0.39, 0.29) is 5.56 Å². The summed E-state index contributed by atoms with van der Waals surface area (Å²) in [6.45, 7) is 1.80. The quantitative estimate of drug-likeness (QED) is 0.751. The van der Waals surface area contributed by atoms with Gasteiger partial charge >= 0.3 is 0 Å². The van der Waals surface area contributed by atoms with Crippen molar-refractivity contribution in [3.05, 3.63) is 44.7 Å². The molecule has 0 fully saturated rings. The van der Waals surface area contributed by atoms with Crippen molar-refractivity contribution in [1.29, 1.82) is 0 Å². The molecule has 0 saturated heterocycles. The summed E-state index contributed by atoms with van der Waals surface area (Å²) in [6.07, 6.45) is 0. The number of pyridine rings is 1. The van der Waals surface area contributed by atoms with Crippen molar-refractivity contribution in [2.45, 2.75) is 6.92 Å². The Bertz CT molecular complexity index is 516. The van der Waals surface area contributed by atoms with Crippen LogP contribution in [-0.4, -0.2) is 4.98 Å². The highest BCUT2D eigenvalue weighted by Crippen LogP contribution is 2.17. The van der Waals surface area contributed by atoms with Crippen molar-refractivity contribution in [3.63, 3.8) is 0 Å². The highest BCUT2D eigenvalue weighted by atomic mass is 79.9. The number of hydrogen-bond donors (Lipinski definition) is 1. The first-order valence-electron chi connectivity index (χ1n) is 3.96. The topological polar surface area (TPSA) is 32.9 Å². The molecule has 0 saturated carbocycles. The van der Waals surface area contributed by atoms with Crippen molar-refractivity contribution in [1.82, 2.24) is 4.98 Å². The number of H-pyrrole nitrogens is 1. The Kier molecular flexibility index (Phi) is 1.96. The molecule has 2 nitrogen and oxygen atoms in total. The smallest absolute Gasteiger partial charge is 0.251 e. The standard InChI is InChI=1S/C10H8BrNO/c1-6-4-7-5-8(11)2-3-9(7)12-10(6)13/h2-5H,1H3,(H,12,13). The minimum Gasteiger partial charge on any atom is -0.322 e. The summed E-state index contributed by atoms with van der Waals surface area (Å²) in [5, 5.41) is 1.05. The fourth-order valence-electron chi connectivity index (χ4n) is 1.29. The third kappa shape index (κ3) is 1.52. The van der Waals surface area contributed by atoms with Gasteiger partial charge in [0.25, 0.3) is 5.56 Å². The molecule has 3 heteroatoms. The van der Waals surface area contributed by atoms with Crippen molar-refractivity contribution in [2.75, 3.05) is 0 Å². The fourth-order valence-corrected chi connectivity index (χ4v) is 1.67. The molecule has 1 aromatic carbocycles. The van der Waals surface area contributed by atoms with E-state index >= 15 is 0 Å². The Morgan fingerprint density at radius 2 is 2.08 bits per heavy atom. The number of benzene rings is 1. The summed E-state index contributed by atoms with van der Waals surface area (Å²) in [5.74, 6) is 0. The molecule has 1 heterocycles. The molecule has 1 N–H and O–H groups in total. The minimum atomic E-state index is -0.0187. The third-order valence-electron chi connectivity index (χ3n) is 1.99. The molecule has 0 aliphatic carbocycles. The van der Waals surface area contributed by atoms with E-state index in [2.05, 4.69) is 20.9 Å². The minimum absolute atomic E-state index is 0.0187. The molecule has 0 aliphatic rings. The normalized spacial score (nSPS) is 10.6. The maximum Gasteiger partial charge on any atom is 0.251 e. The molecule has 0 bridgehead atoms. The van der Waals surface area contributed by atoms with Gasteiger partial charge in [0.15, 0.2) is 0 Å². The van der Waals surface area contributed by atoms with Gasteiger partial charge in [0, 0.05) is 15.6 Å². The largest absolute Gasteiger partial charge is 0.322 e. The van der Waals surface area contributed by atoms with Gasteiger partial charge in [-0.2, -0.15) is 0 Å². The van der Waals surface area contributed by atoms with E-state index in [1.807, 2.05) is 24.3 Å². The number of nitrogens with one attached hydrogen (secondary N) is 1. The molecule has 0 spiro atoms. The van der Waals surface area contributed by atoms with Gasteiger partial charge in [0.05, 0.1) is 0 Å². The summed E-state index contributed by atoms with van der Waals surface area (Å²) in [6, 6.07) is 7.67. The monoisotopic (exact) mass is 237 g/mol. The van der Waals surface area contributed by atoms with Gasteiger partial charge < -0.3 is 4.98 Å². The van der Waals surface area contributed by atoms with Crippen molar-refractivity contribution in [2.24, 2.45) is 0 Å². The molecule has 0 radical (unpaired) electrons. The van der Waals surface area contributed by atoms with Crippen LogP contribution in [0.3, 0.4) is 0 Å². The molecule has 1 aromatic heterocycles. The SMILES string of the molecule is Cc1cc2cc(Br)ccc2[nH]c1=O. The Morgan fingerprint density at radius 3 is 2.85 bits per heavy atom. The van der Waals surface area contributed by atoms with Crippen molar-refractivity contribution < 1.29 is 0 Å². The third-order valence-corrected chi connectivity index (χ3v) is 2.49. The van der Waals surface area contributed by atoms with Gasteiger partial charge in [-0.15, -0.1) is 0 Å². The summed E-state index contributed by atoms with van der Waals surface area (Å²) >= 11 is 3.38. The van der Waals surface area contributed by atoms with Gasteiger partial charge in [-0.1, -0.05) is 15.9 Å². The number of rotatable bonds is 0. The van der Waals surface area contributed by atoms with Gasteiger partial charge in [-0.25, -0.2) is 0 Å². The molecule has 2 aromatic rings. The average molecular weight is 238 g/mol. The molecule has 0 unspecified atom stereocenters. The van der Waals surface area contributed by atoms with E-state index in [4.69, 9.17) is 0 Å². The first kappa shape index (κ1) is 8.51. The van der Waals surface area contributed by atoms with Crippen LogP contribution >= 0.6 is 15.9 Å². The summed E-state index contributed by atoms with van der Waals surface area (Å²) < 4.78 is 1.02. The molecule has 0 aliphatic heterocycles. The molecule has 2 rings (SSSR count). The maximum atomic E-state index is 11.3. The van der Waals surface area contributed by atoms with Crippen molar-refractivity contribution >= 4 is 26.8 Å². The van der Waals surface area contributed by atoms with E-state index < -0.39 is 0 Å². The fraction of sp³-hybridized carbons (Fsp3) is 0.100. The van der Waals surface area contributed by atoms with Gasteiger partial charge in [0.2, 0.25) is 0 Å². The Labute approximate surface area is 83.7 Å². The molecular weight excluding hydrogens is 230 g/mol. The van der Waals surface area contributed by atoms with E-state index in [1.165, 1.54) is 0 Å². The zero-order valence-corrected chi connectivity index (χ0v) is 8.68. The number of aryl methyl sites for hydroxylation is 1. The van der Waals surface area contributed by atoms with Crippen LogP contribution in [0, 0.1) is 6.92 Å². The number of fused-ring (bicyclic) bond motifs is 1. The van der Waals surface area contributed by atoms with Crippen LogP contribution in [-0.2, 0) is 0 Å². The van der Waals surface area contributed by atoms with Crippen molar-refractivity contribution in [3.8, 4) is 0 Å². The zero-order chi connectivity index (χ0) is 9.42. The average Bonchev–Trinajstić information content (AvgIpc) is 2.08. The van der Waals surface area contributed by atoms with E-state index in [0.717, 1.165) is 20.9 Å². The number of hydrogen-bond acceptors (Lipinski definition) is 1. The predicted octanol–water partition coefficient (Wildman–Crippen LogP) is 2.60. The van der Waals surface area contributed by atoms with Crippen LogP contribution in [0.4, 0.5) is 0 Å². The molecule has 13 heavy (non-hydrogen) atoms. The zero-order valence-electron chi connectivity index (χ0n) is 7.10. The second kappa shape index (κ2) is 3.00. The molecule has 0 atom stereocenters. The summed E-state index contributed by atoms with van der Waals surface area (Å²) in [4.78, 5) is 14.1. The summed E-state index contributed by atoms with van der Waals surface area (Å²) in [7, 11) is 0. The van der Waals surface area contributed by atoms with E-state index in [1.54, 1.807) is 6.92 Å². The number of aromatic amines is 1. The molecular formula is C10H8BrNO. The predicted molar refractivity (Wildman–Crippen MR) is 57.0 cm³/mol. The lowest BCUT2D eigenvalue weighted by molar-refractivity contribution is 1.23. The van der Waals surface area contributed by atoms with Gasteiger partial charge in [-0.3, -0.25) is 4.79 Å². The first-order chi connectivity index (χ1) is 6.16. The van der Waals surface area contributed by atoms with Crippen LogP contribution in [0.2, 0.25) is 0 Å². The lowest BCUT2D eigenvalue weighted by atomic mass is 10.2.